The maximum absolute atomic E-state index is 12.1. The van der Waals surface area contributed by atoms with Gasteiger partial charge in [-0.3, -0.25) is 4.79 Å². The summed E-state index contributed by atoms with van der Waals surface area (Å²) in [6.07, 6.45) is 1.88. The van der Waals surface area contributed by atoms with Gasteiger partial charge in [0, 0.05) is 11.8 Å². The molecule has 0 saturated carbocycles. The van der Waals surface area contributed by atoms with E-state index in [1.54, 1.807) is 13.0 Å². The van der Waals surface area contributed by atoms with E-state index in [0.29, 0.717) is 17.8 Å². The first-order valence-corrected chi connectivity index (χ1v) is 7.61. The van der Waals surface area contributed by atoms with Crippen molar-refractivity contribution in [3.8, 4) is 0 Å². The minimum atomic E-state index is -3.05. The third kappa shape index (κ3) is 3.21. The van der Waals surface area contributed by atoms with Gasteiger partial charge in [0.1, 0.15) is 5.82 Å². The van der Waals surface area contributed by atoms with Gasteiger partial charge in [0.25, 0.3) is 5.91 Å². The summed E-state index contributed by atoms with van der Waals surface area (Å²) in [7, 11) is -3.05. The molecule has 0 radical (unpaired) electrons. The molecule has 0 spiro atoms. The normalized spacial score (nSPS) is 24.9. The van der Waals surface area contributed by atoms with E-state index in [4.69, 9.17) is 5.84 Å². The van der Waals surface area contributed by atoms with E-state index in [-0.39, 0.29) is 17.4 Å². The van der Waals surface area contributed by atoms with E-state index in [1.165, 1.54) is 12.3 Å². The molecule has 1 aromatic rings. The molecule has 2 heterocycles. The molecule has 8 heteroatoms. The molecule has 1 aromatic heterocycles. The number of anilines is 1. The summed E-state index contributed by atoms with van der Waals surface area (Å²) in [5, 5.41) is 2.76. The fourth-order valence-electron chi connectivity index (χ4n) is 2.11. The Morgan fingerprint density at radius 3 is 2.84 bits per heavy atom. The fraction of sp³-hybridized carbons (Fsp3) is 0.455. The predicted molar refractivity (Wildman–Crippen MR) is 71.2 cm³/mol. The zero-order valence-corrected chi connectivity index (χ0v) is 11.3. The molecule has 1 atom stereocenters. The molecule has 1 unspecified atom stereocenters. The average molecular weight is 284 g/mol. The van der Waals surface area contributed by atoms with E-state index in [9.17, 15) is 13.2 Å². The van der Waals surface area contributed by atoms with Crippen molar-refractivity contribution in [1.29, 1.82) is 0 Å². The van der Waals surface area contributed by atoms with Crippen LogP contribution in [0.3, 0.4) is 0 Å². The molecule has 1 saturated heterocycles. The third-order valence-electron chi connectivity index (χ3n) is 3.09. The van der Waals surface area contributed by atoms with Crippen LogP contribution in [0, 0.1) is 0 Å². The van der Waals surface area contributed by atoms with E-state index in [2.05, 4.69) is 15.7 Å². The van der Waals surface area contributed by atoms with Gasteiger partial charge in [0.05, 0.1) is 17.0 Å². The highest BCUT2D eigenvalue weighted by molar-refractivity contribution is 7.91. The van der Waals surface area contributed by atoms with Crippen LogP contribution in [0.15, 0.2) is 18.3 Å². The lowest BCUT2D eigenvalue weighted by atomic mass is 10.0. The van der Waals surface area contributed by atoms with Gasteiger partial charge in [0.2, 0.25) is 0 Å². The quantitative estimate of drug-likeness (QED) is 0.517. The lowest BCUT2D eigenvalue weighted by Crippen LogP contribution is -2.46. The number of hydrogen-bond donors (Lipinski definition) is 3. The first kappa shape index (κ1) is 13.8. The van der Waals surface area contributed by atoms with Crippen LogP contribution in [-0.2, 0) is 9.84 Å². The van der Waals surface area contributed by atoms with Crippen molar-refractivity contribution in [3.63, 3.8) is 0 Å². The van der Waals surface area contributed by atoms with Crippen LogP contribution < -0.4 is 16.6 Å². The van der Waals surface area contributed by atoms with Gasteiger partial charge in [-0.15, -0.1) is 0 Å². The number of nitrogens with zero attached hydrogens (tertiary/aromatic N) is 1. The Labute approximate surface area is 111 Å². The molecule has 1 fully saturated rings. The zero-order chi connectivity index (χ0) is 14.1. The summed E-state index contributed by atoms with van der Waals surface area (Å²) in [4.78, 5) is 16.0. The summed E-state index contributed by atoms with van der Waals surface area (Å²) in [6.45, 7) is 1.73. The zero-order valence-electron chi connectivity index (χ0n) is 10.5. The van der Waals surface area contributed by atoms with E-state index in [1.807, 2.05) is 0 Å². The van der Waals surface area contributed by atoms with Crippen molar-refractivity contribution >= 4 is 21.6 Å². The molecule has 2 rings (SSSR count). The second kappa shape index (κ2) is 4.78. The number of amides is 1. The monoisotopic (exact) mass is 284 g/mol. The molecule has 0 aliphatic carbocycles. The van der Waals surface area contributed by atoms with Crippen LogP contribution >= 0.6 is 0 Å². The molecule has 1 aliphatic rings. The number of hydrogen-bond acceptors (Lipinski definition) is 6. The van der Waals surface area contributed by atoms with Crippen molar-refractivity contribution in [2.24, 2.45) is 5.84 Å². The van der Waals surface area contributed by atoms with E-state index in [0.717, 1.165) is 0 Å². The van der Waals surface area contributed by atoms with Crippen molar-refractivity contribution < 1.29 is 13.2 Å². The summed E-state index contributed by atoms with van der Waals surface area (Å²) in [5.74, 6) is 5.34. The maximum Gasteiger partial charge on any atom is 0.251 e. The molecule has 1 amide bonds. The van der Waals surface area contributed by atoms with Gasteiger partial charge in [-0.25, -0.2) is 19.2 Å². The SMILES string of the molecule is CC1(NC(=O)c2ccnc(NN)c2)CCS(=O)(=O)C1. The number of pyridine rings is 1. The average Bonchev–Trinajstić information content (AvgIpc) is 2.63. The molecule has 4 N–H and O–H groups in total. The highest BCUT2D eigenvalue weighted by atomic mass is 32.2. The smallest absolute Gasteiger partial charge is 0.251 e. The highest BCUT2D eigenvalue weighted by Crippen LogP contribution is 2.23. The van der Waals surface area contributed by atoms with Crippen LogP contribution in [0.25, 0.3) is 0 Å². The largest absolute Gasteiger partial charge is 0.346 e. The Hall–Kier alpha value is -1.67. The van der Waals surface area contributed by atoms with Crippen molar-refractivity contribution in [1.82, 2.24) is 10.3 Å². The van der Waals surface area contributed by atoms with Gasteiger partial charge < -0.3 is 10.7 Å². The number of rotatable bonds is 3. The second-order valence-corrected chi connectivity index (χ2v) is 7.11. The van der Waals surface area contributed by atoms with E-state index < -0.39 is 15.4 Å². The fourth-order valence-corrected chi connectivity index (χ4v) is 4.20. The summed E-state index contributed by atoms with van der Waals surface area (Å²) >= 11 is 0. The molecule has 0 bridgehead atoms. The molecule has 0 aromatic carbocycles. The van der Waals surface area contributed by atoms with Gasteiger partial charge in [-0.1, -0.05) is 0 Å². The molecular formula is C11H16N4O3S. The first-order valence-electron chi connectivity index (χ1n) is 5.79. The van der Waals surface area contributed by atoms with Crippen LogP contribution in [0.2, 0.25) is 0 Å². The third-order valence-corrected chi connectivity index (χ3v) is 4.99. The minimum absolute atomic E-state index is 0.0289. The van der Waals surface area contributed by atoms with Gasteiger partial charge in [-0.2, -0.15) is 0 Å². The Balaban J connectivity index is 2.13. The number of carbonyl (C=O) groups is 1. The number of nitrogen functional groups attached to an aromatic ring is 1. The topological polar surface area (TPSA) is 114 Å². The van der Waals surface area contributed by atoms with Gasteiger partial charge >= 0.3 is 0 Å². The number of nitrogens with two attached hydrogens (primary N) is 1. The number of nitrogens with one attached hydrogen (secondary N) is 2. The molecule has 1 aliphatic heterocycles. The lowest BCUT2D eigenvalue weighted by molar-refractivity contribution is 0.0915. The van der Waals surface area contributed by atoms with Gasteiger partial charge in [0.15, 0.2) is 9.84 Å². The van der Waals surface area contributed by atoms with Crippen LogP contribution in [0.4, 0.5) is 5.82 Å². The first-order chi connectivity index (χ1) is 8.84. The van der Waals surface area contributed by atoms with E-state index >= 15 is 0 Å². The summed E-state index contributed by atoms with van der Waals surface area (Å²) < 4.78 is 23.0. The Morgan fingerprint density at radius 2 is 2.26 bits per heavy atom. The maximum atomic E-state index is 12.1. The van der Waals surface area contributed by atoms with Gasteiger partial charge in [-0.05, 0) is 25.5 Å². The number of carbonyl (C=O) groups excluding carboxylic acids is 1. The summed E-state index contributed by atoms with van der Waals surface area (Å²) in [6, 6.07) is 3.05. The molecule has 104 valence electrons. The molecule has 19 heavy (non-hydrogen) atoms. The molecular weight excluding hydrogens is 268 g/mol. The number of sulfone groups is 1. The number of aromatic nitrogens is 1. The Bertz CT molecular complexity index is 602. The van der Waals surface area contributed by atoms with Crippen LogP contribution in [0.5, 0.6) is 0 Å². The predicted octanol–water partition coefficient (Wildman–Crippen LogP) is -0.326. The minimum Gasteiger partial charge on any atom is -0.346 e. The second-order valence-electron chi connectivity index (χ2n) is 4.93. The Kier molecular flexibility index (Phi) is 3.46. The highest BCUT2D eigenvalue weighted by Gasteiger charge is 2.39. The standard InChI is InChI=1S/C11H16N4O3S/c1-11(3-5-19(17,18)7-11)14-10(16)8-2-4-13-9(6-8)15-12/h2,4,6H,3,5,7,12H2,1H3,(H,13,15)(H,14,16). The van der Waals surface area contributed by atoms with Crippen molar-refractivity contribution in [2.75, 3.05) is 16.9 Å². The summed E-state index contributed by atoms with van der Waals surface area (Å²) in [5.41, 5.74) is 2.02. The number of hydrazine groups is 1. The van der Waals surface area contributed by atoms with Crippen LogP contribution in [0.1, 0.15) is 23.7 Å². The Morgan fingerprint density at radius 1 is 1.53 bits per heavy atom. The van der Waals surface area contributed by atoms with Crippen molar-refractivity contribution in [2.45, 2.75) is 18.9 Å². The molecule has 7 nitrogen and oxygen atoms in total. The lowest BCUT2D eigenvalue weighted by Gasteiger charge is -2.23. The van der Waals surface area contributed by atoms with Crippen molar-refractivity contribution in [3.05, 3.63) is 23.9 Å². The van der Waals surface area contributed by atoms with Crippen LogP contribution in [-0.4, -0.2) is 36.4 Å².